The van der Waals surface area contributed by atoms with Gasteiger partial charge >= 0.3 is 13.2 Å². The molecule has 0 bridgehead atoms. The van der Waals surface area contributed by atoms with E-state index in [0.29, 0.717) is 0 Å². The van der Waals surface area contributed by atoms with E-state index >= 15 is 0 Å². The van der Waals surface area contributed by atoms with Crippen LogP contribution in [0.4, 0.5) is 23.2 Å². The fourth-order valence-electron chi connectivity index (χ4n) is 2.14. The second-order valence-electron chi connectivity index (χ2n) is 4.91. The summed E-state index contributed by atoms with van der Waals surface area (Å²) in [6, 6.07) is 2.87. The van der Waals surface area contributed by atoms with E-state index in [-0.39, 0.29) is 18.5 Å². The fourth-order valence-corrected chi connectivity index (χ4v) is 2.14. The van der Waals surface area contributed by atoms with Gasteiger partial charge in [-0.05, 0) is 18.6 Å². The van der Waals surface area contributed by atoms with Crippen molar-refractivity contribution in [2.75, 3.05) is 5.32 Å². The highest BCUT2D eigenvalue weighted by Gasteiger charge is 2.32. The Balaban J connectivity index is 2.14. The SMILES string of the molecule is O=C1CC[C@@H](C(=O)Nc2ccc(OC(F)F)c(OC(F)F)c2)C(=O)N1. The third kappa shape index (κ3) is 5.06. The third-order valence-electron chi connectivity index (χ3n) is 3.20. The molecular formula is C14H12F4N2O5. The highest BCUT2D eigenvalue weighted by Crippen LogP contribution is 2.33. The minimum Gasteiger partial charge on any atom is -0.431 e. The molecule has 0 spiro atoms. The van der Waals surface area contributed by atoms with Crippen molar-refractivity contribution in [2.24, 2.45) is 5.92 Å². The van der Waals surface area contributed by atoms with Crippen molar-refractivity contribution in [2.45, 2.75) is 26.1 Å². The van der Waals surface area contributed by atoms with Crippen molar-refractivity contribution < 1.29 is 41.4 Å². The first-order valence-electron chi connectivity index (χ1n) is 6.94. The molecule has 2 N–H and O–H groups in total. The van der Waals surface area contributed by atoms with Crippen LogP contribution in [0, 0.1) is 5.92 Å². The Hall–Kier alpha value is -2.85. The van der Waals surface area contributed by atoms with Gasteiger partial charge in [0, 0.05) is 18.2 Å². The molecule has 1 saturated heterocycles. The lowest BCUT2D eigenvalue weighted by molar-refractivity contribution is -0.139. The van der Waals surface area contributed by atoms with Crippen LogP contribution >= 0.6 is 0 Å². The maximum Gasteiger partial charge on any atom is 0.387 e. The molecular weight excluding hydrogens is 352 g/mol. The quantitative estimate of drug-likeness (QED) is 0.457. The number of halogens is 4. The zero-order valence-electron chi connectivity index (χ0n) is 12.4. The lowest BCUT2D eigenvalue weighted by atomic mass is 9.97. The third-order valence-corrected chi connectivity index (χ3v) is 3.20. The van der Waals surface area contributed by atoms with Gasteiger partial charge in [-0.3, -0.25) is 19.7 Å². The van der Waals surface area contributed by atoms with Gasteiger partial charge in [-0.15, -0.1) is 0 Å². The molecule has 11 heteroatoms. The van der Waals surface area contributed by atoms with Crippen molar-refractivity contribution in [3.8, 4) is 11.5 Å². The second kappa shape index (κ2) is 7.81. The van der Waals surface area contributed by atoms with Gasteiger partial charge < -0.3 is 14.8 Å². The number of benzene rings is 1. The summed E-state index contributed by atoms with van der Waals surface area (Å²) in [5, 5.41) is 4.27. The van der Waals surface area contributed by atoms with E-state index < -0.39 is 48.4 Å². The Morgan fingerprint density at radius 1 is 1.12 bits per heavy atom. The van der Waals surface area contributed by atoms with E-state index in [4.69, 9.17) is 0 Å². The molecule has 1 aromatic carbocycles. The van der Waals surface area contributed by atoms with Crippen LogP contribution in [0.5, 0.6) is 11.5 Å². The van der Waals surface area contributed by atoms with E-state index in [9.17, 15) is 31.9 Å². The van der Waals surface area contributed by atoms with E-state index in [0.717, 1.165) is 18.2 Å². The number of imide groups is 1. The fraction of sp³-hybridized carbons (Fsp3) is 0.357. The Morgan fingerprint density at radius 3 is 2.36 bits per heavy atom. The summed E-state index contributed by atoms with van der Waals surface area (Å²) in [7, 11) is 0. The molecule has 0 radical (unpaired) electrons. The molecule has 25 heavy (non-hydrogen) atoms. The first-order chi connectivity index (χ1) is 11.8. The van der Waals surface area contributed by atoms with Crippen molar-refractivity contribution in [1.29, 1.82) is 0 Å². The number of ether oxygens (including phenoxy) is 2. The predicted octanol–water partition coefficient (Wildman–Crippen LogP) is 1.88. The molecule has 1 aliphatic heterocycles. The molecule has 7 nitrogen and oxygen atoms in total. The van der Waals surface area contributed by atoms with Gasteiger partial charge in [0.25, 0.3) is 0 Å². The van der Waals surface area contributed by atoms with Gasteiger partial charge in [-0.25, -0.2) is 0 Å². The van der Waals surface area contributed by atoms with Crippen LogP contribution in [0.15, 0.2) is 18.2 Å². The Labute approximate surface area is 138 Å². The maximum atomic E-state index is 12.4. The second-order valence-corrected chi connectivity index (χ2v) is 4.91. The average Bonchev–Trinajstić information content (AvgIpc) is 2.48. The minimum atomic E-state index is -3.30. The summed E-state index contributed by atoms with van der Waals surface area (Å²) in [5.74, 6) is -4.57. The highest BCUT2D eigenvalue weighted by molar-refractivity contribution is 6.12. The smallest absolute Gasteiger partial charge is 0.387 e. The van der Waals surface area contributed by atoms with Crippen molar-refractivity contribution in [3.63, 3.8) is 0 Å². The largest absolute Gasteiger partial charge is 0.431 e. The van der Waals surface area contributed by atoms with Crippen LogP contribution in [-0.4, -0.2) is 30.9 Å². The predicted molar refractivity (Wildman–Crippen MR) is 74.2 cm³/mol. The zero-order chi connectivity index (χ0) is 18.6. The van der Waals surface area contributed by atoms with Crippen LogP contribution in [0.2, 0.25) is 0 Å². The van der Waals surface area contributed by atoms with Crippen LogP contribution < -0.4 is 20.1 Å². The van der Waals surface area contributed by atoms with Gasteiger partial charge in [0.15, 0.2) is 11.5 Å². The van der Waals surface area contributed by atoms with Crippen molar-refractivity contribution >= 4 is 23.4 Å². The first-order valence-corrected chi connectivity index (χ1v) is 6.94. The number of hydrogen-bond acceptors (Lipinski definition) is 5. The molecule has 1 fully saturated rings. The molecule has 0 aromatic heterocycles. The molecule has 0 saturated carbocycles. The lowest BCUT2D eigenvalue weighted by Gasteiger charge is -2.20. The van der Waals surface area contributed by atoms with Crippen LogP contribution in [0.1, 0.15) is 12.8 Å². The summed E-state index contributed by atoms with van der Waals surface area (Å²) < 4.78 is 57.4. The van der Waals surface area contributed by atoms with E-state index in [1.165, 1.54) is 0 Å². The minimum absolute atomic E-state index is 0.0104. The monoisotopic (exact) mass is 364 g/mol. The molecule has 1 atom stereocenters. The van der Waals surface area contributed by atoms with Crippen molar-refractivity contribution in [1.82, 2.24) is 5.32 Å². The Kier molecular flexibility index (Phi) is 5.78. The number of hydrogen-bond donors (Lipinski definition) is 2. The highest BCUT2D eigenvalue weighted by atomic mass is 19.3. The first kappa shape index (κ1) is 18.5. The van der Waals surface area contributed by atoms with Gasteiger partial charge in [0.1, 0.15) is 5.92 Å². The molecule has 1 aliphatic rings. The molecule has 2 rings (SSSR count). The van der Waals surface area contributed by atoms with Crippen LogP contribution in [-0.2, 0) is 14.4 Å². The number of rotatable bonds is 6. The summed E-state index contributed by atoms with van der Waals surface area (Å²) in [6.07, 6.45) is -0.0335. The lowest BCUT2D eigenvalue weighted by Crippen LogP contribution is -2.45. The number of carbonyl (C=O) groups excluding carboxylic acids is 3. The summed E-state index contributed by atoms with van der Waals surface area (Å²) >= 11 is 0. The maximum absolute atomic E-state index is 12.4. The molecule has 136 valence electrons. The van der Waals surface area contributed by atoms with Crippen LogP contribution in [0.25, 0.3) is 0 Å². The number of anilines is 1. The summed E-state index contributed by atoms with van der Waals surface area (Å²) in [4.78, 5) is 34.7. The molecule has 0 unspecified atom stereocenters. The number of amides is 3. The van der Waals surface area contributed by atoms with E-state index in [1.54, 1.807) is 0 Å². The molecule has 1 aromatic rings. The van der Waals surface area contributed by atoms with Gasteiger partial charge in [0.05, 0.1) is 0 Å². The standard InChI is InChI=1S/C14H12F4N2O5/c15-13(16)24-8-3-1-6(5-9(8)25-14(17)18)19-11(22)7-2-4-10(21)20-12(7)23/h1,3,5,7,13-14H,2,4H2,(H,19,22)(H,20,21,23)/t7-/m0/s1. The number of carbonyl (C=O) groups is 3. The van der Waals surface area contributed by atoms with E-state index in [2.05, 4.69) is 14.8 Å². The number of piperidine rings is 1. The van der Waals surface area contributed by atoms with Gasteiger partial charge in [-0.2, -0.15) is 17.6 Å². The zero-order valence-corrected chi connectivity index (χ0v) is 12.4. The average molecular weight is 364 g/mol. The number of alkyl halides is 4. The summed E-state index contributed by atoms with van der Waals surface area (Å²) in [6.45, 7) is -6.56. The number of nitrogens with one attached hydrogen (secondary N) is 2. The summed E-state index contributed by atoms with van der Waals surface area (Å²) in [5.41, 5.74) is -0.0769. The normalized spacial score (nSPS) is 17.4. The molecule has 0 aliphatic carbocycles. The Morgan fingerprint density at radius 2 is 1.76 bits per heavy atom. The van der Waals surface area contributed by atoms with E-state index in [1.807, 2.05) is 5.32 Å². The molecule has 3 amide bonds. The van der Waals surface area contributed by atoms with Gasteiger partial charge in [-0.1, -0.05) is 0 Å². The molecule has 1 heterocycles. The van der Waals surface area contributed by atoms with Gasteiger partial charge in [0.2, 0.25) is 17.7 Å². The Bertz CT molecular complexity index is 683. The van der Waals surface area contributed by atoms with Crippen LogP contribution in [0.3, 0.4) is 0 Å². The topological polar surface area (TPSA) is 93.7 Å². The van der Waals surface area contributed by atoms with Crippen molar-refractivity contribution in [3.05, 3.63) is 18.2 Å².